The smallest absolute Gasteiger partial charge is 0.262 e. The molecule has 126 valence electrons. The molecule has 1 N–H and O–H groups in total. The molecule has 1 aromatic heterocycles. The number of amides is 1. The standard InChI is InChI=1S/C19H21NO3S/c21-17(10-4-8-16-9-5-13-24-16)19(23)11-12-20(18(19)22)14-15-6-2-1-3-7-15/h1-3,5-7,9,13,23H,4,8,10-12,14H2/t19-/m0/s1. The Bertz CT molecular complexity index is 699. The molecule has 0 radical (unpaired) electrons. The molecule has 1 aliphatic heterocycles. The van der Waals surface area contributed by atoms with Gasteiger partial charge < -0.3 is 10.0 Å². The SMILES string of the molecule is O=C(CCCc1cccs1)[C@@]1(O)CCN(Cc2ccccc2)C1=O. The summed E-state index contributed by atoms with van der Waals surface area (Å²) in [5, 5.41) is 12.6. The van der Waals surface area contributed by atoms with Gasteiger partial charge in [0.1, 0.15) is 0 Å². The van der Waals surface area contributed by atoms with E-state index in [9.17, 15) is 14.7 Å². The van der Waals surface area contributed by atoms with E-state index in [0.717, 1.165) is 12.0 Å². The maximum Gasteiger partial charge on any atom is 0.262 e. The van der Waals surface area contributed by atoms with Crippen LogP contribution in [-0.2, 0) is 22.6 Å². The van der Waals surface area contributed by atoms with Crippen LogP contribution in [0.4, 0.5) is 0 Å². The summed E-state index contributed by atoms with van der Waals surface area (Å²) in [5.41, 5.74) is -0.829. The monoisotopic (exact) mass is 343 g/mol. The lowest BCUT2D eigenvalue weighted by Gasteiger charge is -2.21. The summed E-state index contributed by atoms with van der Waals surface area (Å²) in [6.45, 7) is 0.853. The first-order valence-corrected chi connectivity index (χ1v) is 9.09. The topological polar surface area (TPSA) is 57.6 Å². The van der Waals surface area contributed by atoms with Crippen LogP contribution in [0.25, 0.3) is 0 Å². The normalized spacial score (nSPS) is 20.5. The van der Waals surface area contributed by atoms with E-state index < -0.39 is 11.5 Å². The molecular formula is C19H21NO3S. The van der Waals surface area contributed by atoms with E-state index >= 15 is 0 Å². The van der Waals surface area contributed by atoms with Crippen LogP contribution >= 0.6 is 11.3 Å². The highest BCUT2D eigenvalue weighted by molar-refractivity contribution is 7.09. The highest BCUT2D eigenvalue weighted by Gasteiger charge is 2.50. The van der Waals surface area contributed by atoms with Crippen molar-refractivity contribution in [2.24, 2.45) is 0 Å². The van der Waals surface area contributed by atoms with Gasteiger partial charge in [0.15, 0.2) is 5.78 Å². The van der Waals surface area contributed by atoms with E-state index in [4.69, 9.17) is 0 Å². The third-order valence-corrected chi connectivity index (χ3v) is 5.41. The van der Waals surface area contributed by atoms with Crippen LogP contribution in [0.3, 0.4) is 0 Å². The van der Waals surface area contributed by atoms with Crippen molar-refractivity contribution in [2.45, 2.75) is 37.8 Å². The summed E-state index contributed by atoms with van der Waals surface area (Å²) < 4.78 is 0. The lowest BCUT2D eigenvalue weighted by Crippen LogP contribution is -2.46. The summed E-state index contributed by atoms with van der Waals surface area (Å²) in [4.78, 5) is 27.7. The lowest BCUT2D eigenvalue weighted by molar-refractivity contribution is -0.153. The van der Waals surface area contributed by atoms with E-state index in [1.165, 1.54) is 4.88 Å². The van der Waals surface area contributed by atoms with Crippen LogP contribution < -0.4 is 0 Å². The maximum absolute atomic E-state index is 12.5. The second-order valence-electron chi connectivity index (χ2n) is 6.18. The summed E-state index contributed by atoms with van der Waals surface area (Å²) in [6, 6.07) is 13.6. The largest absolute Gasteiger partial charge is 0.373 e. The number of aryl methyl sites for hydroxylation is 1. The van der Waals surface area contributed by atoms with Gasteiger partial charge in [0.2, 0.25) is 5.60 Å². The molecule has 0 aliphatic carbocycles. The number of Topliss-reactive ketones (excluding diaryl/α,β-unsaturated/α-hetero) is 1. The molecule has 1 aromatic carbocycles. The van der Waals surface area contributed by atoms with Gasteiger partial charge in [-0.05, 0) is 29.9 Å². The van der Waals surface area contributed by atoms with Gasteiger partial charge in [-0.2, -0.15) is 0 Å². The van der Waals surface area contributed by atoms with Crippen molar-refractivity contribution in [3.05, 3.63) is 58.3 Å². The molecule has 1 saturated heterocycles. The fourth-order valence-electron chi connectivity index (χ4n) is 3.06. The number of carbonyl (C=O) groups excluding carboxylic acids is 2. The van der Waals surface area contributed by atoms with Gasteiger partial charge >= 0.3 is 0 Å². The van der Waals surface area contributed by atoms with Gasteiger partial charge in [0, 0.05) is 30.8 Å². The fourth-order valence-corrected chi connectivity index (χ4v) is 3.82. The molecule has 1 fully saturated rings. The van der Waals surface area contributed by atoms with E-state index in [1.54, 1.807) is 16.2 Å². The molecule has 5 heteroatoms. The second kappa shape index (κ2) is 7.28. The summed E-state index contributed by atoms with van der Waals surface area (Å²) in [5.74, 6) is -0.799. The summed E-state index contributed by atoms with van der Waals surface area (Å²) >= 11 is 1.66. The Morgan fingerprint density at radius 3 is 2.71 bits per heavy atom. The number of carbonyl (C=O) groups is 2. The third-order valence-electron chi connectivity index (χ3n) is 4.47. The Hall–Kier alpha value is -1.98. The van der Waals surface area contributed by atoms with Crippen molar-refractivity contribution in [1.82, 2.24) is 4.90 Å². The van der Waals surface area contributed by atoms with Crippen LogP contribution in [0, 0.1) is 0 Å². The predicted molar refractivity (Wildman–Crippen MR) is 93.7 cm³/mol. The molecule has 2 heterocycles. The number of benzene rings is 1. The van der Waals surface area contributed by atoms with Gasteiger partial charge in [0.05, 0.1) is 0 Å². The van der Waals surface area contributed by atoms with Crippen LogP contribution in [0.1, 0.15) is 29.7 Å². The zero-order valence-corrected chi connectivity index (χ0v) is 14.3. The Morgan fingerprint density at radius 1 is 1.21 bits per heavy atom. The highest BCUT2D eigenvalue weighted by Crippen LogP contribution is 2.27. The van der Waals surface area contributed by atoms with Crippen molar-refractivity contribution in [3.8, 4) is 0 Å². The average Bonchev–Trinajstić information content (AvgIpc) is 3.20. The first-order valence-electron chi connectivity index (χ1n) is 8.21. The molecule has 1 aliphatic rings. The molecule has 0 spiro atoms. The molecule has 2 aromatic rings. The number of ketones is 1. The van der Waals surface area contributed by atoms with Gasteiger partial charge in [-0.15, -0.1) is 11.3 Å². The number of hydrogen-bond acceptors (Lipinski definition) is 4. The average molecular weight is 343 g/mol. The first-order chi connectivity index (χ1) is 11.6. The van der Waals surface area contributed by atoms with Crippen molar-refractivity contribution >= 4 is 23.0 Å². The number of hydrogen-bond donors (Lipinski definition) is 1. The van der Waals surface area contributed by atoms with Crippen molar-refractivity contribution < 1.29 is 14.7 Å². The van der Waals surface area contributed by atoms with Crippen LogP contribution in [0.2, 0.25) is 0 Å². The van der Waals surface area contributed by atoms with Crippen molar-refractivity contribution in [2.75, 3.05) is 6.54 Å². The number of nitrogens with zero attached hydrogens (tertiary/aromatic N) is 1. The fraction of sp³-hybridized carbons (Fsp3) is 0.368. The molecular weight excluding hydrogens is 322 g/mol. The van der Waals surface area contributed by atoms with Crippen molar-refractivity contribution in [3.63, 3.8) is 0 Å². The van der Waals surface area contributed by atoms with Gasteiger partial charge in [-0.25, -0.2) is 0 Å². The minimum Gasteiger partial charge on any atom is -0.373 e. The van der Waals surface area contributed by atoms with Gasteiger partial charge in [0.25, 0.3) is 5.91 Å². The Kier molecular flexibility index (Phi) is 5.11. The van der Waals surface area contributed by atoms with Crippen LogP contribution in [-0.4, -0.2) is 33.8 Å². The summed E-state index contributed by atoms with van der Waals surface area (Å²) in [7, 11) is 0. The van der Waals surface area contributed by atoms with Gasteiger partial charge in [-0.1, -0.05) is 36.4 Å². The number of rotatable bonds is 7. The molecule has 1 amide bonds. The zero-order valence-electron chi connectivity index (χ0n) is 13.5. The highest BCUT2D eigenvalue weighted by atomic mass is 32.1. The maximum atomic E-state index is 12.5. The Morgan fingerprint density at radius 2 is 2.00 bits per heavy atom. The van der Waals surface area contributed by atoms with E-state index in [0.29, 0.717) is 19.5 Å². The lowest BCUT2D eigenvalue weighted by atomic mass is 9.93. The minimum absolute atomic E-state index is 0.191. The number of likely N-dealkylation sites (tertiary alicyclic amines) is 1. The molecule has 4 nitrogen and oxygen atoms in total. The molecule has 0 bridgehead atoms. The molecule has 0 unspecified atom stereocenters. The molecule has 1 atom stereocenters. The second-order valence-corrected chi connectivity index (χ2v) is 7.21. The summed E-state index contributed by atoms with van der Waals surface area (Å²) in [6.07, 6.45) is 1.89. The first kappa shape index (κ1) is 16.9. The van der Waals surface area contributed by atoms with E-state index in [-0.39, 0.29) is 18.6 Å². The molecule has 24 heavy (non-hydrogen) atoms. The Labute approximate surface area is 145 Å². The Balaban J connectivity index is 1.56. The minimum atomic E-state index is -1.83. The van der Waals surface area contributed by atoms with Crippen molar-refractivity contribution in [1.29, 1.82) is 0 Å². The van der Waals surface area contributed by atoms with Crippen LogP contribution in [0.5, 0.6) is 0 Å². The quantitative estimate of drug-likeness (QED) is 0.787. The third kappa shape index (κ3) is 3.57. The zero-order chi connectivity index (χ0) is 17.0. The number of thiophene rings is 1. The molecule has 3 rings (SSSR count). The van der Waals surface area contributed by atoms with Gasteiger partial charge in [-0.3, -0.25) is 9.59 Å². The van der Waals surface area contributed by atoms with E-state index in [2.05, 4.69) is 0 Å². The molecule has 0 saturated carbocycles. The van der Waals surface area contributed by atoms with Crippen LogP contribution in [0.15, 0.2) is 47.8 Å². The predicted octanol–water partition coefficient (Wildman–Crippen LogP) is 2.80. The van der Waals surface area contributed by atoms with E-state index in [1.807, 2.05) is 47.8 Å². The number of aliphatic hydroxyl groups is 1.